The third-order valence-corrected chi connectivity index (χ3v) is 1.87. The van der Waals surface area contributed by atoms with E-state index in [-0.39, 0.29) is 6.42 Å². The maximum absolute atomic E-state index is 10.6. The minimum atomic E-state index is -1.09. The molecule has 0 amide bonds. The molecule has 0 spiro atoms. The van der Waals surface area contributed by atoms with Crippen LogP contribution in [0.1, 0.15) is 5.56 Å². The Morgan fingerprint density at radius 3 is 2.43 bits per heavy atom. The third-order valence-electron chi connectivity index (χ3n) is 1.87. The molecule has 5 nitrogen and oxygen atoms in total. The summed E-state index contributed by atoms with van der Waals surface area (Å²) in [5, 5.41) is 17.2. The van der Waals surface area contributed by atoms with Crippen LogP contribution in [0.4, 0.5) is 5.69 Å². The highest BCUT2D eigenvalue weighted by Gasteiger charge is 2.15. The van der Waals surface area contributed by atoms with E-state index in [2.05, 4.69) is 0 Å². The molecule has 0 bridgehead atoms. The molecule has 0 radical (unpaired) electrons. The molecule has 1 atom stereocenters. The summed E-state index contributed by atoms with van der Waals surface area (Å²) in [5.74, 6) is -1.09. The van der Waals surface area contributed by atoms with Crippen molar-refractivity contribution in [3.05, 3.63) is 29.8 Å². The van der Waals surface area contributed by atoms with Gasteiger partial charge in [-0.25, -0.2) is 0 Å². The first kappa shape index (κ1) is 10.5. The molecule has 76 valence electrons. The summed E-state index contributed by atoms with van der Waals surface area (Å²) >= 11 is 0. The van der Waals surface area contributed by atoms with Crippen LogP contribution >= 0.6 is 0 Å². The standard InChI is InChI=1S/C9H12N2O3/c10-7-3-1-6(2-4-7)5-8(11-14)9(12)13/h1-4,8,11,14H,5,10H2,(H,12,13)/t8-/m0/s1. The lowest BCUT2D eigenvalue weighted by atomic mass is 10.1. The second-order valence-electron chi connectivity index (χ2n) is 2.97. The van der Waals surface area contributed by atoms with Gasteiger partial charge in [0.15, 0.2) is 0 Å². The van der Waals surface area contributed by atoms with Crippen molar-refractivity contribution in [2.24, 2.45) is 0 Å². The van der Waals surface area contributed by atoms with Gasteiger partial charge < -0.3 is 16.0 Å². The first-order valence-corrected chi connectivity index (χ1v) is 4.10. The smallest absolute Gasteiger partial charge is 0.323 e. The molecule has 0 aromatic heterocycles. The number of rotatable bonds is 4. The molecule has 1 aromatic carbocycles. The average Bonchev–Trinajstić information content (AvgIpc) is 2.16. The van der Waals surface area contributed by atoms with E-state index in [0.717, 1.165) is 5.56 Å². The molecule has 0 aliphatic carbocycles. The molecule has 14 heavy (non-hydrogen) atoms. The Labute approximate surface area is 81.1 Å². The molecule has 0 aliphatic rings. The normalized spacial score (nSPS) is 12.4. The number of nitrogens with two attached hydrogens (primary N) is 1. The number of nitrogens with one attached hydrogen (secondary N) is 1. The predicted molar refractivity (Wildman–Crippen MR) is 50.9 cm³/mol. The van der Waals surface area contributed by atoms with E-state index in [1.54, 1.807) is 29.7 Å². The second-order valence-corrected chi connectivity index (χ2v) is 2.97. The van der Waals surface area contributed by atoms with Crippen molar-refractivity contribution in [3.8, 4) is 0 Å². The van der Waals surface area contributed by atoms with E-state index in [4.69, 9.17) is 16.0 Å². The number of hydrogen-bond donors (Lipinski definition) is 4. The lowest BCUT2D eigenvalue weighted by molar-refractivity contribution is -0.142. The highest BCUT2D eigenvalue weighted by molar-refractivity contribution is 5.73. The van der Waals surface area contributed by atoms with Crippen LogP contribution in [0.3, 0.4) is 0 Å². The quantitative estimate of drug-likeness (QED) is 0.409. The van der Waals surface area contributed by atoms with Crippen LogP contribution in [0.25, 0.3) is 0 Å². The summed E-state index contributed by atoms with van der Waals surface area (Å²) in [7, 11) is 0. The fourth-order valence-electron chi connectivity index (χ4n) is 1.08. The SMILES string of the molecule is Nc1ccc(C[C@H](NO)C(=O)O)cc1. The van der Waals surface area contributed by atoms with Gasteiger partial charge in [-0.15, -0.1) is 0 Å². The number of aliphatic carboxylic acids is 1. The van der Waals surface area contributed by atoms with E-state index < -0.39 is 12.0 Å². The van der Waals surface area contributed by atoms with E-state index in [9.17, 15) is 4.79 Å². The number of carbonyl (C=O) groups is 1. The van der Waals surface area contributed by atoms with Crippen molar-refractivity contribution in [3.63, 3.8) is 0 Å². The lowest BCUT2D eigenvalue weighted by Crippen LogP contribution is -2.36. The Hall–Kier alpha value is -1.59. The van der Waals surface area contributed by atoms with E-state index in [1.807, 2.05) is 0 Å². The Kier molecular flexibility index (Phi) is 3.44. The number of anilines is 1. The zero-order chi connectivity index (χ0) is 10.6. The average molecular weight is 196 g/mol. The van der Waals surface area contributed by atoms with Crippen molar-refractivity contribution in [1.82, 2.24) is 5.48 Å². The number of carboxylic acid groups (broad SMARTS) is 1. The Balaban J connectivity index is 2.67. The minimum Gasteiger partial charge on any atom is -0.480 e. The number of benzene rings is 1. The number of carboxylic acids is 1. The van der Waals surface area contributed by atoms with Gasteiger partial charge in [0.05, 0.1) is 0 Å². The lowest BCUT2D eigenvalue weighted by Gasteiger charge is -2.09. The number of nitrogen functional groups attached to an aromatic ring is 1. The maximum Gasteiger partial charge on any atom is 0.323 e. The van der Waals surface area contributed by atoms with Crippen molar-refractivity contribution < 1.29 is 15.1 Å². The molecule has 0 saturated carbocycles. The Morgan fingerprint density at radius 2 is 2.00 bits per heavy atom. The monoisotopic (exact) mass is 196 g/mol. The molecule has 1 rings (SSSR count). The van der Waals surface area contributed by atoms with Gasteiger partial charge in [-0.05, 0) is 17.7 Å². The molecule has 0 heterocycles. The highest BCUT2D eigenvalue weighted by Crippen LogP contribution is 2.07. The molecule has 0 fully saturated rings. The van der Waals surface area contributed by atoms with Gasteiger partial charge in [0.1, 0.15) is 6.04 Å². The zero-order valence-corrected chi connectivity index (χ0v) is 7.47. The Bertz CT molecular complexity index is 310. The van der Waals surface area contributed by atoms with Crippen LogP contribution in [-0.2, 0) is 11.2 Å². The zero-order valence-electron chi connectivity index (χ0n) is 7.47. The van der Waals surface area contributed by atoms with Gasteiger partial charge in [0, 0.05) is 12.1 Å². The van der Waals surface area contributed by atoms with Crippen LogP contribution in [-0.4, -0.2) is 22.3 Å². The molecule has 5 heteroatoms. The summed E-state index contributed by atoms with van der Waals surface area (Å²) in [4.78, 5) is 10.6. The Morgan fingerprint density at radius 1 is 1.43 bits per heavy atom. The second kappa shape index (κ2) is 4.59. The predicted octanol–water partition coefficient (Wildman–Crippen LogP) is 0.243. The van der Waals surface area contributed by atoms with Crippen LogP contribution in [0.5, 0.6) is 0 Å². The van der Waals surface area contributed by atoms with Gasteiger partial charge in [0.25, 0.3) is 0 Å². The van der Waals surface area contributed by atoms with E-state index >= 15 is 0 Å². The van der Waals surface area contributed by atoms with Crippen LogP contribution in [0, 0.1) is 0 Å². The van der Waals surface area contributed by atoms with Crippen LogP contribution in [0.15, 0.2) is 24.3 Å². The van der Waals surface area contributed by atoms with Crippen molar-refractivity contribution in [2.45, 2.75) is 12.5 Å². The largest absolute Gasteiger partial charge is 0.480 e. The summed E-state index contributed by atoms with van der Waals surface area (Å²) in [5.41, 5.74) is 8.62. The summed E-state index contributed by atoms with van der Waals surface area (Å²) < 4.78 is 0. The number of hydrogen-bond acceptors (Lipinski definition) is 4. The first-order valence-electron chi connectivity index (χ1n) is 4.10. The summed E-state index contributed by atoms with van der Waals surface area (Å²) in [6, 6.07) is 5.83. The molecular weight excluding hydrogens is 184 g/mol. The molecule has 5 N–H and O–H groups in total. The molecule has 0 aliphatic heterocycles. The van der Waals surface area contributed by atoms with Crippen molar-refractivity contribution in [1.29, 1.82) is 0 Å². The van der Waals surface area contributed by atoms with Gasteiger partial charge in [0.2, 0.25) is 0 Å². The van der Waals surface area contributed by atoms with Gasteiger partial charge in [-0.3, -0.25) is 4.79 Å². The third kappa shape index (κ3) is 2.72. The van der Waals surface area contributed by atoms with Gasteiger partial charge >= 0.3 is 5.97 Å². The van der Waals surface area contributed by atoms with Crippen molar-refractivity contribution in [2.75, 3.05) is 5.73 Å². The van der Waals surface area contributed by atoms with Gasteiger partial charge in [-0.1, -0.05) is 12.1 Å². The molecule has 1 aromatic rings. The van der Waals surface area contributed by atoms with Crippen LogP contribution in [0.2, 0.25) is 0 Å². The molecular formula is C9H12N2O3. The maximum atomic E-state index is 10.6. The summed E-state index contributed by atoms with van der Waals surface area (Å²) in [6.45, 7) is 0. The van der Waals surface area contributed by atoms with Gasteiger partial charge in [-0.2, -0.15) is 5.48 Å². The molecule has 0 unspecified atom stereocenters. The fourth-order valence-corrected chi connectivity index (χ4v) is 1.08. The minimum absolute atomic E-state index is 0.214. The van der Waals surface area contributed by atoms with E-state index in [0.29, 0.717) is 5.69 Å². The molecule has 0 saturated heterocycles. The van der Waals surface area contributed by atoms with Crippen molar-refractivity contribution >= 4 is 11.7 Å². The highest BCUT2D eigenvalue weighted by atomic mass is 16.5. The fraction of sp³-hybridized carbons (Fsp3) is 0.222. The van der Waals surface area contributed by atoms with E-state index in [1.165, 1.54) is 0 Å². The topological polar surface area (TPSA) is 95.6 Å². The number of hydroxylamine groups is 1. The van der Waals surface area contributed by atoms with Crippen LogP contribution < -0.4 is 11.2 Å². The summed E-state index contributed by atoms with van der Waals surface area (Å²) in [6.07, 6.45) is 0.214. The first-order chi connectivity index (χ1) is 6.63.